The van der Waals surface area contributed by atoms with Crippen molar-refractivity contribution in [3.8, 4) is 0 Å². The molecular weight excluding hydrogens is 320 g/mol. The van der Waals surface area contributed by atoms with Crippen molar-refractivity contribution in [3.05, 3.63) is 0 Å². The number of rotatable bonds is 0. The quantitative estimate of drug-likeness (QED) is 0.200. The van der Waals surface area contributed by atoms with E-state index in [2.05, 4.69) is 0 Å². The first-order valence-electron chi connectivity index (χ1n) is 3.32. The molecule has 0 atom stereocenters. The molecule has 0 aromatic carbocycles. The van der Waals surface area contributed by atoms with Crippen LogP contribution >= 0.6 is 0 Å². The number of hydrogen-bond acceptors (Lipinski definition) is 6. The van der Waals surface area contributed by atoms with Crippen molar-refractivity contribution < 1.29 is 76.5 Å². The first-order valence-corrected chi connectivity index (χ1v) is 3.32. The van der Waals surface area contributed by atoms with Crippen molar-refractivity contribution in [1.29, 1.82) is 0 Å². The van der Waals surface area contributed by atoms with Gasteiger partial charge in [0.1, 0.15) is 0 Å². The minimum atomic E-state index is -1.82. The molecular formula is C6H6FeO12. The zero-order valence-corrected chi connectivity index (χ0v) is 9.59. The maximum absolute atomic E-state index is 9.10. The van der Waals surface area contributed by atoms with Crippen LogP contribution in [-0.4, -0.2) is 66.5 Å². The Bertz CT molecular complexity index is 277. The smallest absolute Gasteiger partial charge is 0.414 e. The number of hydrogen-bond donors (Lipinski definition) is 6. The Morgan fingerprint density at radius 3 is 0.421 bits per heavy atom. The van der Waals surface area contributed by atoms with Gasteiger partial charge in [0.2, 0.25) is 0 Å². The molecule has 0 aliphatic rings. The second kappa shape index (κ2) is 13.4. The van der Waals surface area contributed by atoms with Gasteiger partial charge in [0.25, 0.3) is 0 Å². The number of carboxylic acid groups (broad SMARTS) is 6. The van der Waals surface area contributed by atoms with E-state index in [-0.39, 0.29) is 17.1 Å². The molecule has 6 N–H and O–H groups in total. The second-order valence-electron chi connectivity index (χ2n) is 1.83. The number of carboxylic acids is 6. The third-order valence-corrected chi connectivity index (χ3v) is 0.549. The summed E-state index contributed by atoms with van der Waals surface area (Å²) in [6.45, 7) is 0. The molecule has 0 aromatic rings. The van der Waals surface area contributed by atoms with Crippen molar-refractivity contribution in [3.63, 3.8) is 0 Å². The van der Waals surface area contributed by atoms with E-state index in [1.165, 1.54) is 0 Å². The van der Waals surface area contributed by atoms with E-state index in [0.717, 1.165) is 0 Å². The van der Waals surface area contributed by atoms with Crippen LogP contribution < -0.4 is 0 Å². The van der Waals surface area contributed by atoms with Gasteiger partial charge in [0.15, 0.2) is 0 Å². The van der Waals surface area contributed by atoms with Gasteiger partial charge in [-0.1, -0.05) is 0 Å². The largest absolute Gasteiger partial charge is 0.473 e. The van der Waals surface area contributed by atoms with Crippen molar-refractivity contribution >= 4 is 35.8 Å². The molecule has 0 aliphatic heterocycles. The van der Waals surface area contributed by atoms with Crippen LogP contribution in [0.2, 0.25) is 0 Å². The summed E-state index contributed by atoms with van der Waals surface area (Å²) in [7, 11) is 0. The molecule has 0 unspecified atom stereocenters. The molecule has 0 rings (SSSR count). The van der Waals surface area contributed by atoms with Crippen LogP contribution in [0, 0.1) is 0 Å². The average molecular weight is 326 g/mol. The van der Waals surface area contributed by atoms with Gasteiger partial charge in [-0.2, -0.15) is 0 Å². The molecule has 19 heavy (non-hydrogen) atoms. The number of aliphatic carboxylic acids is 6. The van der Waals surface area contributed by atoms with Crippen molar-refractivity contribution in [1.82, 2.24) is 0 Å². The maximum atomic E-state index is 9.10. The Hall–Kier alpha value is -2.66. The molecule has 0 fully saturated rings. The van der Waals surface area contributed by atoms with E-state index >= 15 is 0 Å². The van der Waals surface area contributed by atoms with Crippen LogP contribution in [0.1, 0.15) is 0 Å². The zero-order chi connectivity index (χ0) is 15.5. The molecule has 0 aliphatic carbocycles. The summed E-state index contributed by atoms with van der Waals surface area (Å²) >= 11 is 0. The van der Waals surface area contributed by atoms with E-state index in [1.54, 1.807) is 0 Å². The fourth-order valence-electron chi connectivity index (χ4n) is 0. The Kier molecular flexibility index (Phi) is 17.8. The maximum Gasteiger partial charge on any atom is 0.414 e. The molecule has 0 bridgehead atoms. The molecule has 0 heterocycles. The molecule has 12 nitrogen and oxygen atoms in total. The summed E-state index contributed by atoms with van der Waals surface area (Å²) in [4.78, 5) is 54.6. The zero-order valence-electron chi connectivity index (χ0n) is 8.49. The van der Waals surface area contributed by atoms with E-state index in [1.807, 2.05) is 0 Å². The molecule has 13 heteroatoms. The standard InChI is InChI=1S/3C2H2O4.Fe/c3*3-1(4)2(5)6;/h3*(H,3,4)(H,5,6);. The van der Waals surface area contributed by atoms with Crippen LogP contribution in [0.3, 0.4) is 0 Å². The third-order valence-electron chi connectivity index (χ3n) is 0.549. The first kappa shape index (κ1) is 25.3. The molecule has 0 aromatic heterocycles. The normalized spacial score (nSPS) is 6.95. The summed E-state index contributed by atoms with van der Waals surface area (Å²) in [5.74, 6) is -10.9. The van der Waals surface area contributed by atoms with Crippen LogP contribution in [0.4, 0.5) is 0 Å². The van der Waals surface area contributed by atoms with Crippen molar-refractivity contribution in [2.75, 3.05) is 0 Å². The second-order valence-corrected chi connectivity index (χ2v) is 1.83. The topological polar surface area (TPSA) is 224 Å². The molecule has 0 amide bonds. The molecule has 0 saturated carbocycles. The SMILES string of the molecule is O=C(O)C(=O)O.O=C(O)C(=O)O.O=C(O)C(=O)O.[Fe]. The average Bonchev–Trinajstić information content (AvgIpc) is 2.18. The van der Waals surface area contributed by atoms with E-state index in [4.69, 9.17) is 59.4 Å². The summed E-state index contributed by atoms with van der Waals surface area (Å²) in [5.41, 5.74) is 0. The van der Waals surface area contributed by atoms with Gasteiger partial charge in [-0.3, -0.25) is 0 Å². The third kappa shape index (κ3) is 31.3. The molecule has 110 valence electrons. The summed E-state index contributed by atoms with van der Waals surface area (Å²) in [6.07, 6.45) is 0. The van der Waals surface area contributed by atoms with Crippen LogP contribution in [-0.2, 0) is 45.8 Å². The Morgan fingerprint density at radius 1 is 0.368 bits per heavy atom. The van der Waals surface area contributed by atoms with Crippen LogP contribution in [0.25, 0.3) is 0 Å². The minimum Gasteiger partial charge on any atom is -0.473 e. The molecule has 0 radical (unpaired) electrons. The fraction of sp³-hybridized carbons (Fsp3) is 0. The summed E-state index contributed by atoms with van der Waals surface area (Å²) in [5, 5.41) is 44.3. The minimum absolute atomic E-state index is 0. The van der Waals surface area contributed by atoms with Gasteiger partial charge < -0.3 is 30.6 Å². The van der Waals surface area contributed by atoms with Gasteiger partial charge in [0, 0.05) is 17.1 Å². The molecule has 0 spiro atoms. The van der Waals surface area contributed by atoms with Gasteiger partial charge in [0.05, 0.1) is 0 Å². The Labute approximate surface area is 113 Å². The van der Waals surface area contributed by atoms with Crippen molar-refractivity contribution in [2.45, 2.75) is 0 Å². The Morgan fingerprint density at radius 2 is 0.421 bits per heavy atom. The Balaban J connectivity index is -0.0000000865. The first-order chi connectivity index (χ1) is 7.93. The monoisotopic (exact) mass is 326 g/mol. The van der Waals surface area contributed by atoms with Gasteiger partial charge in [-0.15, -0.1) is 0 Å². The van der Waals surface area contributed by atoms with Gasteiger partial charge in [-0.05, 0) is 0 Å². The summed E-state index contributed by atoms with van der Waals surface area (Å²) < 4.78 is 0. The van der Waals surface area contributed by atoms with Gasteiger partial charge in [-0.25, -0.2) is 28.8 Å². The predicted molar refractivity (Wildman–Crippen MR) is 45.8 cm³/mol. The van der Waals surface area contributed by atoms with Gasteiger partial charge >= 0.3 is 35.8 Å². The fourth-order valence-corrected chi connectivity index (χ4v) is 0. The predicted octanol–water partition coefficient (Wildman–Crippen LogP) is -2.54. The van der Waals surface area contributed by atoms with E-state index < -0.39 is 35.8 Å². The van der Waals surface area contributed by atoms with E-state index in [9.17, 15) is 0 Å². The summed E-state index contributed by atoms with van der Waals surface area (Å²) in [6, 6.07) is 0. The van der Waals surface area contributed by atoms with E-state index in [0.29, 0.717) is 0 Å². The number of carbonyl (C=O) groups is 6. The molecule has 0 saturated heterocycles. The van der Waals surface area contributed by atoms with Crippen LogP contribution in [0.5, 0.6) is 0 Å². The van der Waals surface area contributed by atoms with Crippen molar-refractivity contribution in [2.24, 2.45) is 0 Å². The van der Waals surface area contributed by atoms with Crippen LogP contribution in [0.15, 0.2) is 0 Å².